The molecule has 1 aliphatic heterocycles. The lowest BCUT2D eigenvalue weighted by Crippen LogP contribution is -2.47. The quantitative estimate of drug-likeness (QED) is 0.920. The zero-order valence-corrected chi connectivity index (χ0v) is 12.4. The van der Waals surface area contributed by atoms with Crippen LogP contribution in [-0.2, 0) is 0 Å². The van der Waals surface area contributed by atoms with E-state index in [-0.39, 0.29) is 0 Å². The van der Waals surface area contributed by atoms with E-state index >= 15 is 0 Å². The standard InChI is InChI=1S/C15H24N4O/c1-16-14-13(20-2)15(18-10-17-14)19-9-5-7-11-6-3-4-8-12(11)19/h10-12H,3-9H2,1-2H3,(H,16,17,18)/t11-,12-/m1/s1. The van der Waals surface area contributed by atoms with Gasteiger partial charge in [-0.25, -0.2) is 9.97 Å². The third-order valence-electron chi connectivity index (χ3n) is 4.74. The third kappa shape index (κ3) is 2.30. The van der Waals surface area contributed by atoms with Crippen LogP contribution in [0.25, 0.3) is 0 Å². The molecule has 2 heterocycles. The second kappa shape index (κ2) is 5.85. The van der Waals surface area contributed by atoms with Crippen molar-refractivity contribution in [1.82, 2.24) is 9.97 Å². The first-order valence-corrected chi connectivity index (χ1v) is 7.68. The number of ether oxygens (including phenoxy) is 1. The van der Waals surface area contributed by atoms with Crippen LogP contribution < -0.4 is 15.0 Å². The molecule has 2 atom stereocenters. The van der Waals surface area contributed by atoms with Gasteiger partial charge in [0.1, 0.15) is 6.33 Å². The summed E-state index contributed by atoms with van der Waals surface area (Å²) in [5.41, 5.74) is 0. The molecule has 0 bridgehead atoms. The van der Waals surface area contributed by atoms with Crippen molar-refractivity contribution >= 4 is 11.6 Å². The number of nitrogens with zero attached hydrogens (tertiary/aromatic N) is 3. The maximum Gasteiger partial charge on any atom is 0.204 e. The summed E-state index contributed by atoms with van der Waals surface area (Å²) >= 11 is 0. The van der Waals surface area contributed by atoms with Crippen LogP contribution in [0.2, 0.25) is 0 Å². The van der Waals surface area contributed by atoms with Crippen molar-refractivity contribution < 1.29 is 4.74 Å². The van der Waals surface area contributed by atoms with E-state index in [2.05, 4.69) is 20.2 Å². The molecule has 1 aromatic rings. The van der Waals surface area contributed by atoms with Crippen molar-refractivity contribution in [3.63, 3.8) is 0 Å². The molecule has 1 aromatic heterocycles. The Morgan fingerprint density at radius 3 is 2.80 bits per heavy atom. The molecule has 0 amide bonds. The minimum atomic E-state index is 0.631. The smallest absolute Gasteiger partial charge is 0.204 e. The molecule has 5 nitrogen and oxygen atoms in total. The van der Waals surface area contributed by atoms with E-state index < -0.39 is 0 Å². The fourth-order valence-electron chi connectivity index (χ4n) is 3.82. The van der Waals surface area contributed by atoms with Gasteiger partial charge in [0.05, 0.1) is 7.11 Å². The number of fused-ring (bicyclic) bond motifs is 1. The Kier molecular flexibility index (Phi) is 3.94. The molecule has 1 N–H and O–H groups in total. The minimum absolute atomic E-state index is 0.631. The summed E-state index contributed by atoms with van der Waals surface area (Å²) < 4.78 is 5.57. The van der Waals surface area contributed by atoms with E-state index in [1.807, 2.05) is 7.05 Å². The van der Waals surface area contributed by atoms with Gasteiger partial charge in [-0.15, -0.1) is 0 Å². The minimum Gasteiger partial charge on any atom is -0.490 e. The second-order valence-electron chi connectivity index (χ2n) is 5.78. The first-order valence-electron chi connectivity index (χ1n) is 7.68. The van der Waals surface area contributed by atoms with Crippen LogP contribution in [0.15, 0.2) is 6.33 Å². The molecule has 5 heteroatoms. The van der Waals surface area contributed by atoms with E-state index in [4.69, 9.17) is 4.74 Å². The highest BCUT2D eigenvalue weighted by molar-refractivity contribution is 5.65. The van der Waals surface area contributed by atoms with Crippen LogP contribution in [0.4, 0.5) is 11.6 Å². The Balaban J connectivity index is 1.94. The zero-order chi connectivity index (χ0) is 13.9. The van der Waals surface area contributed by atoms with Gasteiger partial charge in [0.15, 0.2) is 11.6 Å². The lowest BCUT2D eigenvalue weighted by atomic mass is 9.78. The van der Waals surface area contributed by atoms with Gasteiger partial charge in [-0.05, 0) is 31.6 Å². The average molecular weight is 276 g/mol. The molecule has 1 saturated heterocycles. The molecule has 110 valence electrons. The van der Waals surface area contributed by atoms with Crippen molar-refractivity contribution in [3.05, 3.63) is 6.33 Å². The van der Waals surface area contributed by atoms with Gasteiger partial charge in [-0.2, -0.15) is 0 Å². The number of methoxy groups -OCH3 is 1. The highest BCUT2D eigenvalue weighted by atomic mass is 16.5. The van der Waals surface area contributed by atoms with Gasteiger partial charge in [-0.3, -0.25) is 0 Å². The van der Waals surface area contributed by atoms with Gasteiger partial charge in [0.25, 0.3) is 0 Å². The summed E-state index contributed by atoms with van der Waals surface area (Å²) in [5, 5.41) is 3.10. The predicted molar refractivity (Wildman–Crippen MR) is 80.5 cm³/mol. The maximum absolute atomic E-state index is 5.57. The van der Waals surface area contributed by atoms with Crippen LogP contribution in [0.1, 0.15) is 38.5 Å². The lowest BCUT2D eigenvalue weighted by Gasteiger charge is -2.45. The van der Waals surface area contributed by atoms with Crippen molar-refractivity contribution in [2.75, 3.05) is 30.9 Å². The Hall–Kier alpha value is -1.52. The summed E-state index contributed by atoms with van der Waals surface area (Å²) in [6, 6.07) is 0.631. The van der Waals surface area contributed by atoms with E-state index in [0.29, 0.717) is 6.04 Å². The van der Waals surface area contributed by atoms with Gasteiger partial charge < -0.3 is 15.0 Å². The fourth-order valence-corrected chi connectivity index (χ4v) is 3.82. The molecule has 3 rings (SSSR count). The van der Waals surface area contributed by atoms with Gasteiger partial charge in [0, 0.05) is 19.6 Å². The normalized spacial score (nSPS) is 26.0. The van der Waals surface area contributed by atoms with Crippen molar-refractivity contribution in [1.29, 1.82) is 0 Å². The summed E-state index contributed by atoms with van der Waals surface area (Å²) in [6.45, 7) is 1.08. The van der Waals surface area contributed by atoms with Gasteiger partial charge >= 0.3 is 0 Å². The molecule has 2 aliphatic rings. The molecule has 0 unspecified atom stereocenters. The summed E-state index contributed by atoms with van der Waals surface area (Å²) in [6.07, 6.45) is 9.63. The van der Waals surface area contributed by atoms with E-state index in [1.54, 1.807) is 13.4 Å². The summed E-state index contributed by atoms with van der Waals surface area (Å²) in [4.78, 5) is 11.2. The highest BCUT2D eigenvalue weighted by Gasteiger charge is 2.35. The van der Waals surface area contributed by atoms with E-state index in [9.17, 15) is 0 Å². The Bertz CT molecular complexity index is 463. The first-order chi connectivity index (χ1) is 9.85. The number of hydrogen-bond donors (Lipinski definition) is 1. The number of aromatic nitrogens is 2. The zero-order valence-electron chi connectivity index (χ0n) is 12.4. The van der Waals surface area contributed by atoms with Crippen molar-refractivity contribution in [2.24, 2.45) is 5.92 Å². The van der Waals surface area contributed by atoms with Crippen molar-refractivity contribution in [2.45, 2.75) is 44.6 Å². The highest BCUT2D eigenvalue weighted by Crippen LogP contribution is 2.41. The van der Waals surface area contributed by atoms with Crippen LogP contribution in [0, 0.1) is 5.92 Å². The van der Waals surface area contributed by atoms with Crippen LogP contribution in [-0.4, -0.2) is 36.7 Å². The molecule has 1 aliphatic carbocycles. The third-order valence-corrected chi connectivity index (χ3v) is 4.74. The van der Waals surface area contributed by atoms with Crippen LogP contribution in [0.5, 0.6) is 5.75 Å². The topological polar surface area (TPSA) is 50.3 Å². The SMILES string of the molecule is CNc1ncnc(N2CCC[C@H]3CCCC[C@H]32)c1OC. The molecule has 0 radical (unpaired) electrons. The predicted octanol–water partition coefficient (Wildman–Crippen LogP) is 2.69. The molecule has 20 heavy (non-hydrogen) atoms. The number of anilines is 2. The summed E-state index contributed by atoms with van der Waals surface area (Å²) in [5.74, 6) is 3.34. The van der Waals surface area contributed by atoms with Crippen molar-refractivity contribution in [3.8, 4) is 5.75 Å². The summed E-state index contributed by atoms with van der Waals surface area (Å²) in [7, 11) is 3.57. The number of hydrogen-bond acceptors (Lipinski definition) is 5. The largest absolute Gasteiger partial charge is 0.490 e. The Morgan fingerprint density at radius 1 is 1.20 bits per heavy atom. The van der Waals surface area contributed by atoms with Gasteiger partial charge in [0.2, 0.25) is 5.75 Å². The molecule has 0 aromatic carbocycles. The molecule has 2 fully saturated rings. The van der Waals surface area contributed by atoms with E-state index in [1.165, 1.54) is 38.5 Å². The molecular weight excluding hydrogens is 252 g/mol. The van der Waals surface area contributed by atoms with Crippen LogP contribution >= 0.6 is 0 Å². The van der Waals surface area contributed by atoms with Gasteiger partial charge in [-0.1, -0.05) is 12.8 Å². The second-order valence-corrected chi connectivity index (χ2v) is 5.78. The Morgan fingerprint density at radius 2 is 2.00 bits per heavy atom. The number of rotatable bonds is 3. The number of nitrogens with one attached hydrogen (secondary N) is 1. The maximum atomic E-state index is 5.57. The monoisotopic (exact) mass is 276 g/mol. The first kappa shape index (κ1) is 13.5. The molecule has 0 spiro atoms. The molecular formula is C15H24N4O. The lowest BCUT2D eigenvalue weighted by molar-refractivity contribution is 0.241. The van der Waals surface area contributed by atoms with Crippen LogP contribution in [0.3, 0.4) is 0 Å². The average Bonchev–Trinajstić information content (AvgIpc) is 2.53. The fraction of sp³-hybridized carbons (Fsp3) is 0.733. The molecule has 1 saturated carbocycles. The number of piperidine rings is 1. The van der Waals surface area contributed by atoms with E-state index in [0.717, 1.165) is 29.8 Å². The Labute approximate surface area is 120 Å².